The highest BCUT2D eigenvalue weighted by atomic mass is 16.1. The lowest BCUT2D eigenvalue weighted by atomic mass is 9.89. The van der Waals surface area contributed by atoms with Gasteiger partial charge in [0.25, 0.3) is 5.56 Å². The van der Waals surface area contributed by atoms with E-state index in [0.29, 0.717) is 11.1 Å². The Morgan fingerprint density at radius 2 is 1.12 bits per heavy atom. The predicted octanol–water partition coefficient (Wildman–Crippen LogP) is 12.8. The van der Waals surface area contributed by atoms with Gasteiger partial charge in [0, 0.05) is 16.5 Å². The largest absolute Gasteiger partial charge is 0.276 e. The van der Waals surface area contributed by atoms with E-state index in [1.165, 1.54) is 37.9 Å². The van der Waals surface area contributed by atoms with Crippen LogP contribution in [0.5, 0.6) is 0 Å². The van der Waals surface area contributed by atoms with Gasteiger partial charge >= 0.3 is 0 Å². The van der Waals surface area contributed by atoms with Gasteiger partial charge in [0.1, 0.15) is 0 Å². The number of allylic oxidation sites excluding steroid dienone is 4. The molecule has 0 aliphatic heterocycles. The Morgan fingerprint density at radius 3 is 1.90 bits per heavy atom. The average Bonchev–Trinajstić information content (AvgIpc) is 3.19. The fraction of sp³-hybridized carbons (Fsp3) is 0. The first-order chi connectivity index (χ1) is 25.1. The molecule has 1 heterocycles. The molecule has 1 aromatic heterocycles. The number of hydrogen-bond acceptors (Lipinski definition) is 1. The normalized spacial score (nSPS) is 11.9. The van der Waals surface area contributed by atoms with Gasteiger partial charge in [0.05, 0.1) is 5.52 Å². The summed E-state index contributed by atoms with van der Waals surface area (Å²) in [5.41, 5.74) is 8.23. The van der Waals surface area contributed by atoms with Gasteiger partial charge < -0.3 is 0 Å². The van der Waals surface area contributed by atoms with Crippen LogP contribution in [0.25, 0.3) is 93.1 Å². The zero-order valence-electron chi connectivity index (χ0n) is 28.0. The monoisotopic (exact) mass is 651 g/mol. The van der Waals surface area contributed by atoms with Crippen LogP contribution in [0.1, 0.15) is 0 Å². The first-order valence-corrected chi connectivity index (χ1v) is 17.2. The molecule has 2 heteroatoms. The highest BCUT2D eigenvalue weighted by Crippen LogP contribution is 2.39. The Hall–Kier alpha value is -6.77. The van der Waals surface area contributed by atoms with Crippen molar-refractivity contribution in [3.63, 3.8) is 0 Å². The van der Waals surface area contributed by atoms with Crippen LogP contribution in [0.2, 0.25) is 0 Å². The topological polar surface area (TPSA) is 22.0 Å². The quantitative estimate of drug-likeness (QED) is 0.0996. The number of fused-ring (bicyclic) bond motifs is 7. The molecule has 0 aliphatic carbocycles. The molecule has 0 bridgehead atoms. The molecule has 0 amide bonds. The Kier molecular flexibility index (Phi) is 7.30. The predicted molar refractivity (Wildman–Crippen MR) is 219 cm³/mol. The average molecular weight is 652 g/mol. The van der Waals surface area contributed by atoms with Crippen LogP contribution in [-0.2, 0) is 0 Å². The molecule has 0 aliphatic rings. The highest BCUT2D eigenvalue weighted by Gasteiger charge is 2.16. The summed E-state index contributed by atoms with van der Waals surface area (Å²) in [5.74, 6) is 0. The van der Waals surface area contributed by atoms with Gasteiger partial charge in [-0.3, -0.25) is 9.36 Å². The number of aromatic nitrogens is 1. The molecule has 0 fully saturated rings. The van der Waals surface area contributed by atoms with Crippen LogP contribution >= 0.6 is 0 Å². The minimum absolute atomic E-state index is 0.0799. The summed E-state index contributed by atoms with van der Waals surface area (Å²) < 4.78 is 1.74. The van der Waals surface area contributed by atoms with Crippen molar-refractivity contribution < 1.29 is 0 Å². The van der Waals surface area contributed by atoms with Crippen molar-refractivity contribution in [2.24, 2.45) is 0 Å². The fourth-order valence-corrected chi connectivity index (χ4v) is 7.65. The van der Waals surface area contributed by atoms with E-state index in [1.807, 2.05) is 30.3 Å². The Balaban J connectivity index is 1.30. The van der Waals surface area contributed by atoms with Crippen LogP contribution in [0.3, 0.4) is 0 Å². The maximum absolute atomic E-state index is 13.9. The molecular formula is C49H33NO. The zero-order chi connectivity index (χ0) is 34.5. The van der Waals surface area contributed by atoms with Crippen LogP contribution in [-0.4, -0.2) is 4.57 Å². The van der Waals surface area contributed by atoms with Gasteiger partial charge in [-0.1, -0.05) is 128 Å². The lowest BCUT2D eigenvalue weighted by Gasteiger charge is -2.17. The molecule has 0 atom stereocenters. The Bertz CT molecular complexity index is 2960. The van der Waals surface area contributed by atoms with Gasteiger partial charge in [-0.2, -0.15) is 0 Å². The minimum Gasteiger partial charge on any atom is -0.276 e. The molecule has 240 valence electrons. The van der Waals surface area contributed by atoms with E-state index in [4.69, 9.17) is 0 Å². The van der Waals surface area contributed by atoms with E-state index in [-0.39, 0.29) is 5.56 Å². The van der Waals surface area contributed by atoms with Crippen molar-refractivity contribution in [1.29, 1.82) is 0 Å². The molecule has 0 saturated carbocycles. The van der Waals surface area contributed by atoms with Crippen LogP contribution in [0.15, 0.2) is 194 Å². The molecule has 0 radical (unpaired) electrons. The van der Waals surface area contributed by atoms with Gasteiger partial charge in [-0.25, -0.2) is 0 Å². The Labute approximate surface area is 296 Å². The summed E-state index contributed by atoms with van der Waals surface area (Å²) in [5, 5.41) is 10.0. The lowest BCUT2D eigenvalue weighted by molar-refractivity contribution is 1.10. The van der Waals surface area contributed by atoms with Gasteiger partial charge in [0.15, 0.2) is 0 Å². The number of hydrogen-bond donors (Lipinski definition) is 0. The van der Waals surface area contributed by atoms with Gasteiger partial charge in [-0.15, -0.1) is 0 Å². The minimum atomic E-state index is -0.0799. The summed E-state index contributed by atoms with van der Waals surface area (Å²) in [6.45, 7) is 7.87. The summed E-state index contributed by atoms with van der Waals surface area (Å²) >= 11 is 0. The van der Waals surface area contributed by atoms with Crippen molar-refractivity contribution in [2.45, 2.75) is 0 Å². The van der Waals surface area contributed by atoms with Crippen molar-refractivity contribution in [2.75, 3.05) is 0 Å². The molecule has 9 rings (SSSR count). The second-order valence-electron chi connectivity index (χ2n) is 13.0. The number of nitrogens with zero attached hydrogens (tertiary/aromatic N) is 1. The zero-order valence-corrected chi connectivity index (χ0v) is 28.0. The van der Waals surface area contributed by atoms with E-state index in [0.717, 1.165) is 44.1 Å². The fourth-order valence-electron chi connectivity index (χ4n) is 7.65. The first-order valence-electron chi connectivity index (χ1n) is 17.2. The summed E-state index contributed by atoms with van der Waals surface area (Å²) in [7, 11) is 0. The number of benzene rings is 8. The van der Waals surface area contributed by atoms with Crippen molar-refractivity contribution in [3.05, 3.63) is 199 Å². The SMILES string of the molecule is C=C/C=C(\C=C)n1c(=O)c2ccccc2c2cc(-c3cc(-c4ccccc4)cc(-c4cccc5c4ccc4cc6ccccc6cc45)c3)ccc21. The van der Waals surface area contributed by atoms with Crippen molar-refractivity contribution in [3.8, 4) is 33.4 Å². The highest BCUT2D eigenvalue weighted by molar-refractivity contribution is 6.15. The summed E-state index contributed by atoms with van der Waals surface area (Å²) in [4.78, 5) is 13.9. The molecule has 0 unspecified atom stereocenters. The lowest BCUT2D eigenvalue weighted by Crippen LogP contribution is -2.19. The second-order valence-corrected chi connectivity index (χ2v) is 13.0. The third-order valence-electron chi connectivity index (χ3n) is 10.1. The standard InChI is InChI=1S/C49H33NO/c1-3-13-40(4-2)50-48-25-23-35(31-47(48)43-18-10-11-19-45(43)49(50)51)38-27-37(32-14-6-5-7-15-32)28-39(29-38)41-20-12-21-42-44(41)24-22-36-26-33-16-8-9-17-34(33)30-46(36)42/h3-31H,1-2H2/b40-13+. The number of rotatable bonds is 6. The molecule has 2 nitrogen and oxygen atoms in total. The third-order valence-corrected chi connectivity index (χ3v) is 10.1. The molecule has 0 saturated heterocycles. The van der Waals surface area contributed by atoms with Crippen molar-refractivity contribution >= 4 is 59.7 Å². The van der Waals surface area contributed by atoms with E-state index >= 15 is 0 Å². The first kappa shape index (κ1) is 30.3. The van der Waals surface area contributed by atoms with E-state index in [1.54, 1.807) is 16.7 Å². The molecule has 0 spiro atoms. The van der Waals surface area contributed by atoms with E-state index in [2.05, 4.69) is 147 Å². The molecular weight excluding hydrogens is 619 g/mol. The number of pyridine rings is 1. The van der Waals surface area contributed by atoms with Crippen LogP contribution < -0.4 is 5.56 Å². The van der Waals surface area contributed by atoms with Gasteiger partial charge in [-0.05, 0) is 132 Å². The molecule has 0 N–H and O–H groups in total. The maximum Gasteiger partial charge on any atom is 0.263 e. The summed E-state index contributed by atoms with van der Waals surface area (Å²) in [6.07, 6.45) is 5.21. The summed E-state index contributed by atoms with van der Waals surface area (Å²) in [6, 6.07) is 56.1. The third kappa shape index (κ3) is 5.08. The second kappa shape index (κ2) is 12.3. The maximum atomic E-state index is 13.9. The van der Waals surface area contributed by atoms with E-state index in [9.17, 15) is 4.79 Å². The molecule has 8 aromatic carbocycles. The van der Waals surface area contributed by atoms with E-state index < -0.39 is 0 Å². The van der Waals surface area contributed by atoms with Crippen LogP contribution in [0.4, 0.5) is 0 Å². The molecule has 9 aromatic rings. The van der Waals surface area contributed by atoms with Crippen LogP contribution in [0, 0.1) is 0 Å². The van der Waals surface area contributed by atoms with Crippen molar-refractivity contribution in [1.82, 2.24) is 4.57 Å². The smallest absolute Gasteiger partial charge is 0.263 e. The van der Waals surface area contributed by atoms with Gasteiger partial charge in [0.2, 0.25) is 0 Å². The molecule has 51 heavy (non-hydrogen) atoms. The Morgan fingerprint density at radius 1 is 0.451 bits per heavy atom.